The van der Waals surface area contributed by atoms with Gasteiger partial charge in [-0.05, 0) is 23.6 Å². The molecule has 0 radical (unpaired) electrons. The van der Waals surface area contributed by atoms with Gasteiger partial charge < -0.3 is 9.15 Å². The van der Waals surface area contributed by atoms with Gasteiger partial charge in [-0.25, -0.2) is 9.89 Å². The number of aromatic amines is 1. The van der Waals surface area contributed by atoms with Crippen LogP contribution in [0.4, 0.5) is 0 Å². The van der Waals surface area contributed by atoms with Crippen LogP contribution in [0.1, 0.15) is 31.2 Å². The number of thioether (sulfide) groups is 1. The summed E-state index contributed by atoms with van der Waals surface area (Å²) in [5.41, 5.74) is 1.31. The van der Waals surface area contributed by atoms with Crippen LogP contribution in [0.2, 0.25) is 0 Å². The third-order valence-corrected chi connectivity index (χ3v) is 3.66. The fraction of sp³-hybridized carbons (Fsp3) is 0.429. The lowest BCUT2D eigenvalue weighted by atomic mass is 10.0. The fourth-order valence-electron chi connectivity index (χ4n) is 1.65. The number of rotatable bonds is 7. The number of benzene rings is 1. The van der Waals surface area contributed by atoms with Crippen molar-refractivity contribution < 1.29 is 9.15 Å². The highest BCUT2D eigenvalue weighted by Gasteiger charge is 2.02. The summed E-state index contributed by atoms with van der Waals surface area (Å²) in [5.74, 6) is 2.68. The molecule has 0 bridgehead atoms. The van der Waals surface area contributed by atoms with Gasteiger partial charge in [0.05, 0.1) is 12.4 Å². The first-order valence-corrected chi connectivity index (χ1v) is 7.65. The van der Waals surface area contributed by atoms with Crippen molar-refractivity contribution in [3.8, 4) is 5.75 Å². The summed E-state index contributed by atoms with van der Waals surface area (Å²) in [7, 11) is 0. The Balaban J connectivity index is 1.66. The molecule has 0 aliphatic carbocycles. The normalized spacial score (nSPS) is 10.9. The molecule has 2 aromatic rings. The number of hydrogen-bond acceptors (Lipinski definition) is 5. The Bertz CT molecular complexity index is 575. The summed E-state index contributed by atoms with van der Waals surface area (Å²) in [6.07, 6.45) is 0. The predicted molar refractivity (Wildman–Crippen MR) is 79.3 cm³/mol. The van der Waals surface area contributed by atoms with Crippen LogP contribution in [0.15, 0.2) is 33.5 Å². The van der Waals surface area contributed by atoms with Gasteiger partial charge in [0.25, 0.3) is 0 Å². The average Bonchev–Trinajstić information content (AvgIpc) is 2.84. The van der Waals surface area contributed by atoms with Crippen molar-refractivity contribution in [2.45, 2.75) is 25.5 Å². The molecule has 20 heavy (non-hydrogen) atoms. The quantitative estimate of drug-likeness (QED) is 0.795. The first-order valence-electron chi connectivity index (χ1n) is 6.50. The zero-order chi connectivity index (χ0) is 14.4. The summed E-state index contributed by atoms with van der Waals surface area (Å²) in [4.78, 5) is 10.7. The zero-order valence-corrected chi connectivity index (χ0v) is 12.4. The molecule has 0 aliphatic heterocycles. The number of H-pyrrole nitrogens is 1. The molecule has 5 nitrogen and oxygen atoms in total. The first-order chi connectivity index (χ1) is 9.65. The molecule has 1 N–H and O–H groups in total. The minimum Gasteiger partial charge on any atom is -0.493 e. The molecule has 6 heteroatoms. The Morgan fingerprint density at radius 3 is 2.70 bits per heavy atom. The van der Waals surface area contributed by atoms with Crippen LogP contribution in [-0.2, 0) is 5.75 Å². The number of ether oxygens (including phenoxy) is 1. The van der Waals surface area contributed by atoms with E-state index in [9.17, 15) is 4.79 Å². The van der Waals surface area contributed by atoms with Crippen LogP contribution < -0.4 is 10.5 Å². The van der Waals surface area contributed by atoms with Gasteiger partial charge in [0.2, 0.25) is 5.89 Å². The lowest BCUT2D eigenvalue weighted by Gasteiger charge is -2.08. The Labute approximate surface area is 121 Å². The van der Waals surface area contributed by atoms with E-state index in [1.165, 1.54) is 5.56 Å². The molecule has 0 aliphatic rings. The monoisotopic (exact) mass is 294 g/mol. The van der Waals surface area contributed by atoms with Crippen LogP contribution >= 0.6 is 11.8 Å². The molecule has 0 amide bonds. The van der Waals surface area contributed by atoms with E-state index in [0.717, 1.165) is 11.5 Å². The van der Waals surface area contributed by atoms with Gasteiger partial charge in [-0.3, -0.25) is 0 Å². The van der Waals surface area contributed by atoms with E-state index in [0.29, 0.717) is 24.2 Å². The highest BCUT2D eigenvalue weighted by atomic mass is 32.2. The lowest BCUT2D eigenvalue weighted by Crippen LogP contribution is -2.00. The summed E-state index contributed by atoms with van der Waals surface area (Å²) in [6.45, 7) is 4.94. The second kappa shape index (κ2) is 7.19. The maximum atomic E-state index is 10.7. The Morgan fingerprint density at radius 2 is 2.10 bits per heavy atom. The summed E-state index contributed by atoms with van der Waals surface area (Å²) < 4.78 is 10.4. The number of hydrogen-bond donors (Lipinski definition) is 1. The van der Waals surface area contributed by atoms with E-state index in [-0.39, 0.29) is 0 Å². The highest BCUT2D eigenvalue weighted by molar-refractivity contribution is 7.98. The summed E-state index contributed by atoms with van der Waals surface area (Å²) in [6, 6.07) is 8.16. The minimum absolute atomic E-state index is 0.418. The zero-order valence-electron chi connectivity index (χ0n) is 11.6. The lowest BCUT2D eigenvalue weighted by molar-refractivity contribution is 0.343. The second-order valence-corrected chi connectivity index (χ2v) is 5.74. The highest BCUT2D eigenvalue weighted by Crippen LogP contribution is 2.18. The smallest absolute Gasteiger partial charge is 0.434 e. The third kappa shape index (κ3) is 4.45. The van der Waals surface area contributed by atoms with Crippen LogP contribution in [-0.4, -0.2) is 22.6 Å². The average molecular weight is 294 g/mol. The topological polar surface area (TPSA) is 68.1 Å². The number of nitrogens with one attached hydrogen (secondary N) is 1. The van der Waals surface area contributed by atoms with Crippen molar-refractivity contribution in [3.05, 3.63) is 46.3 Å². The van der Waals surface area contributed by atoms with Gasteiger partial charge in [0, 0.05) is 5.75 Å². The summed E-state index contributed by atoms with van der Waals surface area (Å²) >= 11 is 1.61. The fourth-order valence-corrected chi connectivity index (χ4v) is 2.29. The molecular formula is C14H18N2O3S. The molecule has 0 saturated carbocycles. The first kappa shape index (κ1) is 14.7. The van der Waals surface area contributed by atoms with E-state index < -0.39 is 5.76 Å². The van der Waals surface area contributed by atoms with Crippen molar-refractivity contribution >= 4 is 11.8 Å². The molecule has 0 saturated heterocycles. The molecule has 108 valence electrons. The SMILES string of the molecule is CC(C)c1ccc(OCCSCc2n[nH]c(=O)o2)cc1. The maximum Gasteiger partial charge on any atom is 0.434 e. The van der Waals surface area contributed by atoms with E-state index in [2.05, 4.69) is 36.2 Å². The molecule has 0 atom stereocenters. The summed E-state index contributed by atoms with van der Waals surface area (Å²) in [5, 5.41) is 5.96. The van der Waals surface area contributed by atoms with Gasteiger partial charge >= 0.3 is 5.76 Å². The van der Waals surface area contributed by atoms with Crippen molar-refractivity contribution in [2.75, 3.05) is 12.4 Å². The Kier molecular flexibility index (Phi) is 5.29. The Morgan fingerprint density at radius 1 is 1.35 bits per heavy atom. The molecule has 1 aromatic heterocycles. The maximum absolute atomic E-state index is 10.7. The van der Waals surface area contributed by atoms with E-state index in [1.807, 2.05) is 12.1 Å². The molecule has 0 fully saturated rings. The molecule has 0 spiro atoms. The van der Waals surface area contributed by atoms with Gasteiger partial charge in [0.15, 0.2) is 0 Å². The molecule has 1 aromatic carbocycles. The van der Waals surface area contributed by atoms with Gasteiger partial charge in [-0.2, -0.15) is 0 Å². The van der Waals surface area contributed by atoms with Crippen LogP contribution in [0, 0.1) is 0 Å². The standard InChI is InChI=1S/C14H18N2O3S/c1-10(2)11-3-5-12(6-4-11)18-7-8-20-9-13-15-16-14(17)19-13/h3-6,10H,7-9H2,1-2H3,(H,16,17). The molecule has 2 rings (SSSR count). The molecular weight excluding hydrogens is 276 g/mol. The Hall–Kier alpha value is -1.69. The van der Waals surface area contributed by atoms with Gasteiger partial charge in [0.1, 0.15) is 5.75 Å². The van der Waals surface area contributed by atoms with Gasteiger partial charge in [-0.1, -0.05) is 26.0 Å². The van der Waals surface area contributed by atoms with Gasteiger partial charge in [-0.15, -0.1) is 16.9 Å². The second-order valence-electron chi connectivity index (χ2n) is 4.63. The van der Waals surface area contributed by atoms with Crippen molar-refractivity contribution in [3.63, 3.8) is 0 Å². The van der Waals surface area contributed by atoms with Crippen LogP contribution in [0.3, 0.4) is 0 Å². The van der Waals surface area contributed by atoms with E-state index in [4.69, 9.17) is 9.15 Å². The van der Waals surface area contributed by atoms with E-state index in [1.54, 1.807) is 11.8 Å². The van der Waals surface area contributed by atoms with Crippen LogP contribution in [0.5, 0.6) is 5.75 Å². The minimum atomic E-state index is -0.512. The van der Waals surface area contributed by atoms with Crippen molar-refractivity contribution in [2.24, 2.45) is 0 Å². The molecule has 0 unspecified atom stereocenters. The van der Waals surface area contributed by atoms with E-state index >= 15 is 0 Å². The third-order valence-electron chi connectivity index (χ3n) is 2.75. The largest absolute Gasteiger partial charge is 0.493 e. The van der Waals surface area contributed by atoms with Crippen molar-refractivity contribution in [1.82, 2.24) is 10.2 Å². The predicted octanol–water partition coefficient (Wildman–Crippen LogP) is 2.80. The number of nitrogens with zero attached hydrogens (tertiary/aromatic N) is 1. The van der Waals surface area contributed by atoms with Crippen LogP contribution in [0.25, 0.3) is 0 Å². The van der Waals surface area contributed by atoms with Crippen molar-refractivity contribution in [1.29, 1.82) is 0 Å². The molecule has 1 heterocycles. The number of aromatic nitrogens is 2.